The molecular weight excluding hydrogens is 450 g/mol. The molecule has 1 aliphatic heterocycles. The monoisotopic (exact) mass is 485 g/mol. The summed E-state index contributed by atoms with van der Waals surface area (Å²) in [6.45, 7) is 9.62. The summed E-state index contributed by atoms with van der Waals surface area (Å²) < 4.78 is 6.81. The Morgan fingerprint density at radius 3 is 2.49 bits per heavy atom. The molecule has 3 heterocycles. The second-order valence-electron chi connectivity index (χ2n) is 11.7. The van der Waals surface area contributed by atoms with Crippen LogP contribution in [-0.4, -0.2) is 65.6 Å². The smallest absolute Gasteiger partial charge is 0.248 e. The number of aromatic nitrogens is 5. The van der Waals surface area contributed by atoms with Gasteiger partial charge in [-0.25, -0.2) is 4.68 Å². The molecule has 3 fully saturated rings. The molecule has 2 aliphatic carbocycles. The molecule has 2 N–H and O–H groups in total. The Kier molecular flexibility index (Phi) is 5.73. The molecule has 3 aliphatic rings. The molecule has 2 saturated carbocycles. The second kappa shape index (κ2) is 8.39. The van der Waals surface area contributed by atoms with Crippen LogP contribution >= 0.6 is 0 Å². The van der Waals surface area contributed by atoms with Gasteiger partial charge in [0.15, 0.2) is 5.82 Å². The van der Waals surface area contributed by atoms with Gasteiger partial charge < -0.3 is 19.8 Å². The highest BCUT2D eigenvalue weighted by Crippen LogP contribution is 2.45. The van der Waals surface area contributed by atoms with Gasteiger partial charge in [-0.05, 0) is 43.9 Å². The maximum atomic E-state index is 13.9. The number of hydrogen-bond acceptors (Lipinski definition) is 8. The van der Waals surface area contributed by atoms with E-state index in [2.05, 4.69) is 25.8 Å². The highest BCUT2D eigenvalue weighted by Gasteiger charge is 2.51. The summed E-state index contributed by atoms with van der Waals surface area (Å²) in [5.41, 5.74) is -0.380. The number of hydrogen-bond donors (Lipinski definition) is 2. The fourth-order valence-electron chi connectivity index (χ4n) is 5.18. The van der Waals surface area contributed by atoms with E-state index in [9.17, 15) is 14.7 Å². The van der Waals surface area contributed by atoms with Crippen LogP contribution < -0.4 is 5.32 Å². The van der Waals surface area contributed by atoms with E-state index in [4.69, 9.17) is 4.52 Å². The molecule has 11 nitrogen and oxygen atoms in total. The van der Waals surface area contributed by atoms with E-state index in [1.54, 1.807) is 11.6 Å². The van der Waals surface area contributed by atoms with Crippen LogP contribution in [0.25, 0.3) is 0 Å². The molecule has 1 saturated heterocycles. The highest BCUT2D eigenvalue weighted by atomic mass is 16.5. The van der Waals surface area contributed by atoms with E-state index in [1.165, 1.54) is 4.90 Å². The lowest BCUT2D eigenvalue weighted by Gasteiger charge is -2.36. The van der Waals surface area contributed by atoms with Crippen LogP contribution in [-0.2, 0) is 15.1 Å². The van der Waals surface area contributed by atoms with Gasteiger partial charge in [-0.2, -0.15) is 4.98 Å². The number of amides is 2. The largest absolute Gasteiger partial charge is 0.391 e. The van der Waals surface area contributed by atoms with Crippen molar-refractivity contribution in [2.45, 2.75) is 96.4 Å². The van der Waals surface area contributed by atoms with E-state index in [-0.39, 0.29) is 30.7 Å². The summed E-state index contributed by atoms with van der Waals surface area (Å²) in [5, 5.41) is 26.3. The lowest BCUT2D eigenvalue weighted by molar-refractivity contribution is -0.144. The summed E-state index contributed by atoms with van der Waals surface area (Å²) >= 11 is 0. The van der Waals surface area contributed by atoms with Crippen molar-refractivity contribution in [2.24, 2.45) is 11.3 Å². The SMILES string of the molecule is Cc1nc(C(C)(NC(=O)[C@@H]2C[C@@H](O)CN2C(=O)[C@@H](n2cc(C3CC3)nn2)C(C)(C)C)C2CC2)no1. The van der Waals surface area contributed by atoms with Crippen molar-refractivity contribution in [3.63, 3.8) is 0 Å². The minimum atomic E-state index is -0.806. The number of carbonyl (C=O) groups is 2. The first-order valence-corrected chi connectivity index (χ1v) is 12.5. The van der Waals surface area contributed by atoms with Gasteiger partial charge in [-0.15, -0.1) is 5.10 Å². The van der Waals surface area contributed by atoms with Gasteiger partial charge in [0.2, 0.25) is 17.7 Å². The maximum absolute atomic E-state index is 13.9. The van der Waals surface area contributed by atoms with Crippen molar-refractivity contribution < 1.29 is 19.2 Å². The number of β-amino-alcohol motifs (C(OH)–C–C–N with tert-alkyl or cyclic N) is 1. The predicted octanol–water partition coefficient (Wildman–Crippen LogP) is 1.84. The van der Waals surface area contributed by atoms with Crippen LogP contribution in [0.2, 0.25) is 0 Å². The van der Waals surface area contributed by atoms with Crippen LogP contribution in [0.1, 0.15) is 89.2 Å². The number of rotatable bonds is 7. The summed E-state index contributed by atoms with van der Waals surface area (Å²) in [4.78, 5) is 33.4. The molecule has 2 aromatic rings. The van der Waals surface area contributed by atoms with Gasteiger partial charge in [-0.3, -0.25) is 9.59 Å². The fraction of sp³-hybridized carbons (Fsp3) is 0.750. The molecule has 0 spiro atoms. The van der Waals surface area contributed by atoms with Crippen molar-refractivity contribution >= 4 is 11.8 Å². The lowest BCUT2D eigenvalue weighted by atomic mass is 9.85. The van der Waals surface area contributed by atoms with Crippen LogP contribution in [0, 0.1) is 18.3 Å². The van der Waals surface area contributed by atoms with Crippen LogP contribution in [0.4, 0.5) is 0 Å². The molecule has 35 heavy (non-hydrogen) atoms. The average molecular weight is 486 g/mol. The fourth-order valence-corrected chi connectivity index (χ4v) is 5.18. The van der Waals surface area contributed by atoms with Crippen molar-refractivity contribution in [3.8, 4) is 0 Å². The van der Waals surface area contributed by atoms with Gasteiger partial charge in [0.1, 0.15) is 17.6 Å². The van der Waals surface area contributed by atoms with Gasteiger partial charge in [0, 0.05) is 32.0 Å². The second-order valence-corrected chi connectivity index (χ2v) is 11.7. The molecular formula is C24H35N7O4. The zero-order valence-electron chi connectivity index (χ0n) is 21.1. The highest BCUT2D eigenvalue weighted by molar-refractivity contribution is 5.90. The maximum Gasteiger partial charge on any atom is 0.248 e. The number of nitrogens with zero attached hydrogens (tertiary/aromatic N) is 6. The first kappa shape index (κ1) is 23.9. The van der Waals surface area contributed by atoms with Crippen LogP contribution in [0.15, 0.2) is 10.7 Å². The number of aliphatic hydroxyl groups is 1. The molecule has 0 bridgehead atoms. The van der Waals surface area contributed by atoms with E-state index in [1.807, 2.05) is 33.9 Å². The molecule has 5 rings (SSSR count). The summed E-state index contributed by atoms with van der Waals surface area (Å²) in [6.07, 6.45) is 5.32. The molecule has 4 atom stereocenters. The van der Waals surface area contributed by atoms with Gasteiger partial charge in [0.05, 0.1) is 11.8 Å². The molecule has 2 amide bonds. The number of likely N-dealkylation sites (tertiary alicyclic amines) is 1. The molecule has 190 valence electrons. The normalized spacial score (nSPS) is 25.4. The predicted molar refractivity (Wildman–Crippen MR) is 124 cm³/mol. The van der Waals surface area contributed by atoms with Crippen molar-refractivity contribution in [1.29, 1.82) is 0 Å². The Balaban J connectivity index is 1.40. The van der Waals surface area contributed by atoms with E-state index in [0.717, 1.165) is 31.4 Å². The number of carbonyl (C=O) groups excluding carboxylic acids is 2. The van der Waals surface area contributed by atoms with E-state index >= 15 is 0 Å². The van der Waals surface area contributed by atoms with E-state index < -0.39 is 29.1 Å². The molecule has 2 aromatic heterocycles. The van der Waals surface area contributed by atoms with E-state index in [0.29, 0.717) is 17.6 Å². The summed E-state index contributed by atoms with van der Waals surface area (Å²) in [5.74, 6) is 0.907. The standard InChI is InChI=1S/C24H35N7O4/c1-13-25-22(28-35-13)24(5,15-8-9-15)26-20(33)18-10-16(32)11-30(18)21(34)19(23(2,3)4)31-12-17(27-29-31)14-6-7-14/h12,14-16,18-19,32H,6-11H2,1-5H3,(H,26,33)/t16-,18+,19-,24?/m1/s1. The number of aliphatic hydroxyl groups excluding tert-OH is 1. The van der Waals surface area contributed by atoms with Gasteiger partial charge >= 0.3 is 0 Å². The summed E-state index contributed by atoms with van der Waals surface area (Å²) in [6, 6.07) is -1.46. The molecule has 0 radical (unpaired) electrons. The first-order valence-electron chi connectivity index (χ1n) is 12.5. The summed E-state index contributed by atoms with van der Waals surface area (Å²) in [7, 11) is 0. The van der Waals surface area contributed by atoms with Crippen LogP contribution in [0.3, 0.4) is 0 Å². The zero-order valence-corrected chi connectivity index (χ0v) is 21.1. The Hall–Kier alpha value is -2.82. The zero-order chi connectivity index (χ0) is 25.1. The van der Waals surface area contributed by atoms with Crippen LogP contribution in [0.5, 0.6) is 0 Å². The molecule has 11 heteroatoms. The Morgan fingerprint density at radius 1 is 1.20 bits per heavy atom. The third-order valence-corrected chi connectivity index (χ3v) is 7.48. The minimum Gasteiger partial charge on any atom is -0.391 e. The quantitative estimate of drug-likeness (QED) is 0.606. The molecule has 0 aromatic carbocycles. The van der Waals surface area contributed by atoms with Gasteiger partial charge in [0.25, 0.3) is 0 Å². The number of aryl methyl sites for hydroxylation is 1. The average Bonchev–Trinajstić information content (AvgIpc) is 3.68. The van der Waals surface area contributed by atoms with Crippen molar-refractivity contribution in [2.75, 3.05) is 6.54 Å². The Labute approximate surface area is 204 Å². The third-order valence-electron chi connectivity index (χ3n) is 7.48. The van der Waals surface area contributed by atoms with Crippen molar-refractivity contribution in [3.05, 3.63) is 23.6 Å². The lowest BCUT2D eigenvalue weighted by Crippen LogP contribution is -2.55. The minimum absolute atomic E-state index is 0.0924. The Bertz CT molecular complexity index is 1110. The molecule has 1 unspecified atom stereocenters. The first-order chi connectivity index (χ1) is 16.5. The van der Waals surface area contributed by atoms with Crippen molar-refractivity contribution in [1.82, 2.24) is 35.4 Å². The third kappa shape index (κ3) is 4.57. The topological polar surface area (TPSA) is 139 Å². The number of nitrogens with one attached hydrogen (secondary N) is 1. The Morgan fingerprint density at radius 2 is 1.91 bits per heavy atom. The van der Waals surface area contributed by atoms with Gasteiger partial charge in [-0.1, -0.05) is 31.1 Å².